The van der Waals surface area contributed by atoms with Gasteiger partial charge in [0.15, 0.2) is 0 Å². The summed E-state index contributed by atoms with van der Waals surface area (Å²) in [7, 11) is 0. The fourth-order valence-electron chi connectivity index (χ4n) is 2.09. The van der Waals surface area contributed by atoms with E-state index in [4.69, 9.17) is 0 Å². The third kappa shape index (κ3) is 1.41. The average molecular weight is 193 g/mol. The normalized spacial score (nSPS) is 22.3. The van der Waals surface area contributed by atoms with Crippen LogP contribution in [0.3, 0.4) is 0 Å². The Morgan fingerprint density at radius 2 is 2.14 bits per heavy atom. The van der Waals surface area contributed by atoms with Crippen molar-refractivity contribution in [2.75, 3.05) is 11.4 Å². The molecule has 0 amide bonds. The standard InChI is InChI=1S/C11H19N3/c1-9-6-8-13(11(2,3)4)10-5-7-12-14(9)10/h5,7,9H,6,8H2,1-4H3. The summed E-state index contributed by atoms with van der Waals surface area (Å²) in [5, 5.41) is 4.38. The smallest absolute Gasteiger partial charge is 0.127 e. The third-order valence-electron chi connectivity index (χ3n) is 2.92. The van der Waals surface area contributed by atoms with Gasteiger partial charge in [-0.15, -0.1) is 0 Å². The van der Waals surface area contributed by atoms with Gasteiger partial charge in [-0.2, -0.15) is 5.10 Å². The summed E-state index contributed by atoms with van der Waals surface area (Å²) < 4.78 is 2.13. The second-order valence-electron chi connectivity index (χ2n) is 5.09. The molecule has 3 nitrogen and oxygen atoms in total. The van der Waals surface area contributed by atoms with Crippen LogP contribution < -0.4 is 4.90 Å². The molecule has 3 heteroatoms. The molecule has 1 aromatic heterocycles. The van der Waals surface area contributed by atoms with E-state index in [1.54, 1.807) is 0 Å². The van der Waals surface area contributed by atoms with E-state index in [0.717, 1.165) is 6.54 Å². The van der Waals surface area contributed by atoms with Crippen LogP contribution in [0.1, 0.15) is 40.2 Å². The highest BCUT2D eigenvalue weighted by molar-refractivity contribution is 5.43. The van der Waals surface area contributed by atoms with Gasteiger partial charge in [-0.05, 0) is 34.1 Å². The first-order valence-corrected chi connectivity index (χ1v) is 5.31. The van der Waals surface area contributed by atoms with Gasteiger partial charge < -0.3 is 4.90 Å². The van der Waals surface area contributed by atoms with Crippen molar-refractivity contribution in [3.63, 3.8) is 0 Å². The number of rotatable bonds is 0. The molecule has 0 spiro atoms. The lowest BCUT2D eigenvalue weighted by Crippen LogP contribution is -2.46. The predicted molar refractivity (Wildman–Crippen MR) is 58.7 cm³/mol. The van der Waals surface area contributed by atoms with Crippen LogP contribution >= 0.6 is 0 Å². The van der Waals surface area contributed by atoms with Crippen molar-refractivity contribution >= 4 is 5.82 Å². The van der Waals surface area contributed by atoms with Gasteiger partial charge in [0.2, 0.25) is 0 Å². The molecule has 2 rings (SSSR count). The first kappa shape index (κ1) is 9.56. The van der Waals surface area contributed by atoms with Gasteiger partial charge in [0.05, 0.1) is 12.2 Å². The van der Waals surface area contributed by atoms with E-state index in [0.29, 0.717) is 6.04 Å². The maximum atomic E-state index is 4.38. The predicted octanol–water partition coefficient (Wildman–Crippen LogP) is 2.45. The number of nitrogens with zero attached hydrogens (tertiary/aromatic N) is 3. The zero-order chi connectivity index (χ0) is 10.3. The van der Waals surface area contributed by atoms with E-state index in [-0.39, 0.29) is 5.54 Å². The zero-order valence-corrected chi connectivity index (χ0v) is 9.49. The summed E-state index contributed by atoms with van der Waals surface area (Å²) in [5.74, 6) is 1.26. The first-order chi connectivity index (χ1) is 6.50. The highest BCUT2D eigenvalue weighted by Gasteiger charge is 2.29. The molecule has 2 heterocycles. The highest BCUT2D eigenvalue weighted by Crippen LogP contribution is 2.31. The summed E-state index contributed by atoms with van der Waals surface area (Å²) in [5.41, 5.74) is 0.192. The Morgan fingerprint density at radius 1 is 1.43 bits per heavy atom. The zero-order valence-electron chi connectivity index (χ0n) is 9.49. The van der Waals surface area contributed by atoms with Crippen LogP contribution in [-0.4, -0.2) is 21.9 Å². The van der Waals surface area contributed by atoms with E-state index in [1.807, 2.05) is 6.20 Å². The van der Waals surface area contributed by atoms with Gasteiger partial charge in [0.25, 0.3) is 0 Å². The molecule has 0 aliphatic carbocycles. The molecular weight excluding hydrogens is 174 g/mol. The first-order valence-electron chi connectivity index (χ1n) is 5.31. The number of hydrogen-bond acceptors (Lipinski definition) is 2. The van der Waals surface area contributed by atoms with Gasteiger partial charge in [0, 0.05) is 18.2 Å². The third-order valence-corrected chi connectivity index (χ3v) is 2.92. The highest BCUT2D eigenvalue weighted by atomic mass is 15.4. The molecule has 0 aromatic carbocycles. The minimum atomic E-state index is 0.192. The maximum Gasteiger partial charge on any atom is 0.127 e. The van der Waals surface area contributed by atoms with Crippen molar-refractivity contribution in [1.82, 2.24) is 9.78 Å². The van der Waals surface area contributed by atoms with E-state index in [2.05, 4.69) is 48.4 Å². The molecule has 78 valence electrons. The molecule has 0 fully saturated rings. The van der Waals surface area contributed by atoms with Gasteiger partial charge in [-0.1, -0.05) is 0 Å². The lowest BCUT2D eigenvalue weighted by molar-refractivity contribution is 0.374. The molecule has 1 aromatic rings. The van der Waals surface area contributed by atoms with Crippen molar-refractivity contribution < 1.29 is 0 Å². The average Bonchev–Trinajstić information content (AvgIpc) is 2.50. The maximum absolute atomic E-state index is 4.38. The van der Waals surface area contributed by atoms with E-state index in [9.17, 15) is 0 Å². The Kier molecular flexibility index (Phi) is 2.05. The second kappa shape index (κ2) is 3.01. The van der Waals surface area contributed by atoms with Gasteiger partial charge in [-0.3, -0.25) is 0 Å². The molecule has 0 radical (unpaired) electrons. The van der Waals surface area contributed by atoms with Crippen LogP contribution in [0.15, 0.2) is 12.3 Å². The Morgan fingerprint density at radius 3 is 2.79 bits per heavy atom. The molecular formula is C11H19N3. The van der Waals surface area contributed by atoms with E-state index in [1.165, 1.54) is 12.2 Å². The Hall–Kier alpha value is -0.990. The molecule has 0 N–H and O–H groups in total. The van der Waals surface area contributed by atoms with Crippen molar-refractivity contribution in [3.05, 3.63) is 12.3 Å². The SMILES string of the molecule is CC1CCN(C(C)(C)C)c2ccnn21. The molecule has 0 saturated carbocycles. The van der Waals surface area contributed by atoms with Crippen LogP contribution in [-0.2, 0) is 0 Å². The molecule has 14 heavy (non-hydrogen) atoms. The topological polar surface area (TPSA) is 21.1 Å². The van der Waals surface area contributed by atoms with Crippen LogP contribution in [0, 0.1) is 0 Å². The van der Waals surface area contributed by atoms with Gasteiger partial charge in [0.1, 0.15) is 5.82 Å². The van der Waals surface area contributed by atoms with Crippen molar-refractivity contribution in [1.29, 1.82) is 0 Å². The van der Waals surface area contributed by atoms with Crippen LogP contribution in [0.5, 0.6) is 0 Å². The minimum Gasteiger partial charge on any atom is -0.352 e. The fourth-order valence-corrected chi connectivity index (χ4v) is 2.09. The molecule has 0 saturated heterocycles. The fraction of sp³-hybridized carbons (Fsp3) is 0.727. The monoisotopic (exact) mass is 193 g/mol. The molecule has 1 atom stereocenters. The van der Waals surface area contributed by atoms with Crippen LogP contribution in [0.25, 0.3) is 0 Å². The Labute approximate surface area is 85.7 Å². The van der Waals surface area contributed by atoms with E-state index < -0.39 is 0 Å². The molecule has 1 aliphatic rings. The summed E-state index contributed by atoms with van der Waals surface area (Å²) in [6.07, 6.45) is 3.09. The summed E-state index contributed by atoms with van der Waals surface area (Å²) in [4.78, 5) is 2.43. The molecule has 1 unspecified atom stereocenters. The number of fused-ring (bicyclic) bond motifs is 1. The van der Waals surface area contributed by atoms with Crippen LogP contribution in [0.2, 0.25) is 0 Å². The van der Waals surface area contributed by atoms with E-state index >= 15 is 0 Å². The van der Waals surface area contributed by atoms with Crippen molar-refractivity contribution in [2.45, 2.75) is 45.7 Å². The van der Waals surface area contributed by atoms with Crippen LogP contribution in [0.4, 0.5) is 5.82 Å². The number of anilines is 1. The lowest BCUT2D eigenvalue weighted by atomic mass is 10.0. The number of aromatic nitrogens is 2. The van der Waals surface area contributed by atoms with Gasteiger partial charge in [-0.25, -0.2) is 4.68 Å². The Balaban J connectivity index is 2.39. The quantitative estimate of drug-likeness (QED) is 0.631. The van der Waals surface area contributed by atoms with Crippen molar-refractivity contribution in [2.24, 2.45) is 0 Å². The summed E-state index contributed by atoms with van der Waals surface area (Å²) in [6.45, 7) is 10.1. The molecule has 0 bridgehead atoms. The largest absolute Gasteiger partial charge is 0.352 e. The molecule has 1 aliphatic heterocycles. The summed E-state index contributed by atoms with van der Waals surface area (Å²) >= 11 is 0. The Bertz CT molecular complexity index is 322. The van der Waals surface area contributed by atoms with Gasteiger partial charge >= 0.3 is 0 Å². The number of hydrogen-bond donors (Lipinski definition) is 0. The van der Waals surface area contributed by atoms with Crippen molar-refractivity contribution in [3.8, 4) is 0 Å². The summed E-state index contributed by atoms with van der Waals surface area (Å²) in [6, 6.07) is 2.65. The lowest BCUT2D eigenvalue weighted by Gasteiger charge is -2.42. The minimum absolute atomic E-state index is 0.192. The second-order valence-corrected chi connectivity index (χ2v) is 5.09.